The molecule has 3 aromatic rings. The molecule has 2 nitrogen and oxygen atoms in total. The fourth-order valence-corrected chi connectivity index (χ4v) is 2.45. The summed E-state index contributed by atoms with van der Waals surface area (Å²) in [6.07, 6.45) is 0. The number of fused-ring (bicyclic) bond motifs is 1. The molecule has 1 amide bonds. The van der Waals surface area contributed by atoms with Gasteiger partial charge in [0.1, 0.15) is 0 Å². The zero-order chi connectivity index (χ0) is 13.9. The second-order valence-corrected chi connectivity index (χ2v) is 4.98. The van der Waals surface area contributed by atoms with Crippen molar-refractivity contribution in [3.8, 4) is 0 Å². The zero-order valence-corrected chi connectivity index (χ0v) is 11.6. The van der Waals surface area contributed by atoms with Gasteiger partial charge in [-0.3, -0.25) is 4.79 Å². The molecule has 0 aliphatic rings. The van der Waals surface area contributed by atoms with E-state index < -0.39 is 0 Å². The molecule has 3 rings (SSSR count). The minimum Gasteiger partial charge on any atom is -0.321 e. The first kappa shape index (κ1) is 12.8. The molecule has 0 bridgehead atoms. The largest absolute Gasteiger partial charge is 0.321 e. The Morgan fingerprint density at radius 2 is 1.55 bits per heavy atom. The highest BCUT2D eigenvalue weighted by atomic mass is 32.1. The third-order valence-corrected chi connectivity index (χ3v) is 3.58. The fourth-order valence-electron chi connectivity index (χ4n) is 2.19. The smallest absolute Gasteiger partial charge is 0.256 e. The van der Waals surface area contributed by atoms with Crippen molar-refractivity contribution in [1.29, 1.82) is 0 Å². The quantitative estimate of drug-likeness (QED) is 0.670. The lowest BCUT2D eigenvalue weighted by Gasteiger charge is -2.09. The number of carbonyl (C=O) groups is 1. The summed E-state index contributed by atoms with van der Waals surface area (Å²) in [5, 5.41) is 5.08. The van der Waals surface area contributed by atoms with Crippen molar-refractivity contribution in [2.45, 2.75) is 4.90 Å². The molecular weight excluding hydrogens is 266 g/mol. The Morgan fingerprint density at radius 3 is 2.40 bits per heavy atom. The Hall–Kier alpha value is -2.26. The molecule has 1 N–H and O–H groups in total. The molecule has 98 valence electrons. The van der Waals surface area contributed by atoms with Crippen LogP contribution in [0.2, 0.25) is 0 Å². The number of rotatable bonds is 2. The molecule has 3 aromatic carbocycles. The lowest BCUT2D eigenvalue weighted by atomic mass is 10.1. The summed E-state index contributed by atoms with van der Waals surface area (Å²) in [5.74, 6) is -0.146. The van der Waals surface area contributed by atoms with Crippen molar-refractivity contribution in [1.82, 2.24) is 0 Å². The van der Waals surface area contributed by atoms with Crippen molar-refractivity contribution in [2.75, 3.05) is 5.32 Å². The average molecular weight is 279 g/mol. The first-order valence-electron chi connectivity index (χ1n) is 6.33. The maximum Gasteiger partial charge on any atom is 0.256 e. The van der Waals surface area contributed by atoms with E-state index in [0.29, 0.717) is 10.5 Å². The van der Waals surface area contributed by atoms with Crippen LogP contribution in [-0.2, 0) is 0 Å². The summed E-state index contributed by atoms with van der Waals surface area (Å²) in [6, 6.07) is 21.1. The Balaban J connectivity index is 1.98. The predicted molar refractivity (Wildman–Crippen MR) is 85.6 cm³/mol. The van der Waals surface area contributed by atoms with Gasteiger partial charge in [-0.25, -0.2) is 0 Å². The summed E-state index contributed by atoms with van der Waals surface area (Å²) >= 11 is 4.32. The van der Waals surface area contributed by atoms with Crippen molar-refractivity contribution in [2.24, 2.45) is 0 Å². The monoisotopic (exact) mass is 279 g/mol. The van der Waals surface area contributed by atoms with E-state index in [2.05, 4.69) is 17.9 Å². The van der Waals surface area contributed by atoms with E-state index >= 15 is 0 Å². The number of carbonyl (C=O) groups excluding carboxylic acids is 1. The van der Waals surface area contributed by atoms with E-state index in [1.165, 1.54) is 0 Å². The lowest BCUT2D eigenvalue weighted by Crippen LogP contribution is -2.12. The van der Waals surface area contributed by atoms with Gasteiger partial charge < -0.3 is 5.32 Å². The first-order chi connectivity index (χ1) is 9.75. The van der Waals surface area contributed by atoms with E-state index in [4.69, 9.17) is 0 Å². The SMILES string of the molecule is O=C(Nc1cccc2ccccc12)c1ccccc1S. The number of nitrogens with one attached hydrogen (secondary N) is 1. The van der Waals surface area contributed by atoms with Gasteiger partial charge in [-0.05, 0) is 23.6 Å². The minimum atomic E-state index is -0.146. The number of hydrogen-bond acceptors (Lipinski definition) is 2. The Morgan fingerprint density at radius 1 is 0.850 bits per heavy atom. The summed E-state index contributed by atoms with van der Waals surface area (Å²) < 4.78 is 0. The van der Waals surface area contributed by atoms with Gasteiger partial charge in [0.25, 0.3) is 5.91 Å². The van der Waals surface area contributed by atoms with E-state index in [1.807, 2.05) is 54.6 Å². The average Bonchev–Trinajstić information content (AvgIpc) is 2.48. The molecule has 0 aromatic heterocycles. The molecule has 3 heteroatoms. The van der Waals surface area contributed by atoms with Crippen LogP contribution in [0.15, 0.2) is 71.6 Å². The van der Waals surface area contributed by atoms with E-state index in [-0.39, 0.29) is 5.91 Å². The maximum absolute atomic E-state index is 12.3. The Bertz CT molecular complexity index is 777. The molecule has 0 heterocycles. The van der Waals surface area contributed by atoms with Gasteiger partial charge >= 0.3 is 0 Å². The molecule has 0 atom stereocenters. The Labute approximate surface area is 122 Å². The van der Waals surface area contributed by atoms with Crippen LogP contribution in [-0.4, -0.2) is 5.91 Å². The standard InChI is InChI=1S/C17H13NOS/c19-17(14-9-3-4-11-16(14)20)18-15-10-5-7-12-6-1-2-8-13(12)15/h1-11,20H,(H,18,19). The van der Waals surface area contributed by atoms with E-state index in [1.54, 1.807) is 12.1 Å². The molecule has 20 heavy (non-hydrogen) atoms. The Kier molecular flexibility index (Phi) is 3.44. The van der Waals surface area contributed by atoms with Crippen LogP contribution in [0.4, 0.5) is 5.69 Å². The van der Waals surface area contributed by atoms with Gasteiger partial charge in [0.2, 0.25) is 0 Å². The molecule has 0 aliphatic heterocycles. The van der Waals surface area contributed by atoms with Gasteiger partial charge in [-0.15, -0.1) is 12.6 Å². The van der Waals surface area contributed by atoms with Crippen LogP contribution < -0.4 is 5.32 Å². The van der Waals surface area contributed by atoms with Gasteiger partial charge in [0.05, 0.1) is 5.56 Å². The second-order valence-electron chi connectivity index (χ2n) is 4.50. The molecular formula is C17H13NOS. The minimum absolute atomic E-state index is 0.146. The normalized spacial score (nSPS) is 10.4. The van der Waals surface area contributed by atoms with E-state index in [0.717, 1.165) is 16.5 Å². The molecule has 0 unspecified atom stereocenters. The van der Waals surface area contributed by atoms with Gasteiger partial charge in [-0.2, -0.15) is 0 Å². The van der Waals surface area contributed by atoms with Crippen LogP contribution in [0.1, 0.15) is 10.4 Å². The highest BCUT2D eigenvalue weighted by Gasteiger charge is 2.10. The van der Waals surface area contributed by atoms with Crippen LogP contribution in [0.3, 0.4) is 0 Å². The van der Waals surface area contributed by atoms with Crippen molar-refractivity contribution < 1.29 is 4.79 Å². The molecule has 0 fully saturated rings. The summed E-state index contributed by atoms with van der Waals surface area (Å²) in [7, 11) is 0. The van der Waals surface area contributed by atoms with Crippen molar-refractivity contribution in [3.63, 3.8) is 0 Å². The first-order valence-corrected chi connectivity index (χ1v) is 6.77. The summed E-state index contributed by atoms with van der Waals surface area (Å²) in [4.78, 5) is 13.0. The fraction of sp³-hybridized carbons (Fsp3) is 0. The van der Waals surface area contributed by atoms with Crippen LogP contribution in [0, 0.1) is 0 Å². The highest BCUT2D eigenvalue weighted by molar-refractivity contribution is 7.80. The number of thiol groups is 1. The summed E-state index contributed by atoms with van der Waals surface area (Å²) in [6.45, 7) is 0. The lowest BCUT2D eigenvalue weighted by molar-refractivity contribution is 0.102. The molecule has 0 radical (unpaired) electrons. The number of anilines is 1. The van der Waals surface area contributed by atoms with Crippen molar-refractivity contribution in [3.05, 3.63) is 72.3 Å². The van der Waals surface area contributed by atoms with Crippen LogP contribution >= 0.6 is 12.6 Å². The molecule has 0 spiro atoms. The molecule has 0 saturated heterocycles. The van der Waals surface area contributed by atoms with Gasteiger partial charge in [0, 0.05) is 16.0 Å². The predicted octanol–water partition coefficient (Wildman–Crippen LogP) is 4.38. The molecule has 0 saturated carbocycles. The topological polar surface area (TPSA) is 29.1 Å². The summed E-state index contributed by atoms with van der Waals surface area (Å²) in [5.41, 5.74) is 1.38. The van der Waals surface area contributed by atoms with Gasteiger partial charge in [0.15, 0.2) is 0 Å². The van der Waals surface area contributed by atoms with Crippen molar-refractivity contribution >= 4 is 35.0 Å². The third kappa shape index (κ3) is 2.40. The van der Waals surface area contributed by atoms with Gasteiger partial charge in [-0.1, -0.05) is 48.5 Å². The number of hydrogen-bond donors (Lipinski definition) is 2. The zero-order valence-electron chi connectivity index (χ0n) is 10.7. The van der Waals surface area contributed by atoms with Crippen LogP contribution in [0.25, 0.3) is 10.8 Å². The maximum atomic E-state index is 12.3. The highest BCUT2D eigenvalue weighted by Crippen LogP contribution is 2.24. The molecule has 0 aliphatic carbocycles. The second kappa shape index (κ2) is 5.39. The third-order valence-electron chi connectivity index (χ3n) is 3.19. The van der Waals surface area contributed by atoms with E-state index in [9.17, 15) is 4.79 Å². The number of amides is 1. The van der Waals surface area contributed by atoms with Crippen LogP contribution in [0.5, 0.6) is 0 Å². The number of benzene rings is 3.